The molecule has 0 unspecified atom stereocenters. The van der Waals surface area contributed by atoms with Gasteiger partial charge in [0.2, 0.25) is 5.71 Å². The predicted molar refractivity (Wildman–Crippen MR) is 117 cm³/mol. The highest BCUT2D eigenvalue weighted by molar-refractivity contribution is 6.31. The van der Waals surface area contributed by atoms with Gasteiger partial charge in [-0.15, -0.1) is 0 Å². The van der Waals surface area contributed by atoms with Gasteiger partial charge in [-0.1, -0.05) is 72.3 Å². The first-order valence-electron chi connectivity index (χ1n) is 9.31. The SMILES string of the molecule is Fc1ccc(Nc2ncnc3oc(-c4ccccc4)c(-c4ccccc4)c23)cc1Cl. The average Bonchev–Trinajstić information content (AvgIpc) is 3.18. The molecule has 146 valence electrons. The highest BCUT2D eigenvalue weighted by Gasteiger charge is 2.22. The van der Waals surface area contributed by atoms with Crippen LogP contribution < -0.4 is 5.32 Å². The van der Waals surface area contributed by atoms with E-state index in [2.05, 4.69) is 15.3 Å². The summed E-state index contributed by atoms with van der Waals surface area (Å²) in [5.41, 5.74) is 3.87. The van der Waals surface area contributed by atoms with Crippen LogP contribution in [0.15, 0.2) is 89.6 Å². The molecule has 2 heterocycles. The maximum Gasteiger partial charge on any atom is 0.232 e. The van der Waals surface area contributed by atoms with Crippen molar-refractivity contribution in [2.24, 2.45) is 0 Å². The topological polar surface area (TPSA) is 51.0 Å². The van der Waals surface area contributed by atoms with Crippen molar-refractivity contribution in [1.29, 1.82) is 0 Å². The van der Waals surface area contributed by atoms with Crippen LogP contribution >= 0.6 is 11.6 Å². The van der Waals surface area contributed by atoms with E-state index in [1.165, 1.54) is 18.5 Å². The molecule has 4 nitrogen and oxygen atoms in total. The molecular formula is C24H15ClFN3O. The lowest BCUT2D eigenvalue weighted by atomic mass is 9.99. The van der Waals surface area contributed by atoms with Crippen LogP contribution in [0.1, 0.15) is 0 Å². The molecule has 6 heteroatoms. The highest BCUT2D eigenvalue weighted by Crippen LogP contribution is 2.43. The Labute approximate surface area is 177 Å². The molecule has 0 atom stereocenters. The smallest absolute Gasteiger partial charge is 0.232 e. The van der Waals surface area contributed by atoms with Gasteiger partial charge in [-0.3, -0.25) is 0 Å². The lowest BCUT2D eigenvalue weighted by molar-refractivity contribution is 0.618. The number of aromatic nitrogens is 2. The second-order valence-corrected chi connectivity index (χ2v) is 7.10. The zero-order valence-corrected chi connectivity index (χ0v) is 16.4. The molecule has 0 aliphatic carbocycles. The van der Waals surface area contributed by atoms with Crippen LogP contribution in [-0.4, -0.2) is 9.97 Å². The van der Waals surface area contributed by atoms with E-state index in [4.69, 9.17) is 16.0 Å². The number of anilines is 2. The molecule has 2 aromatic heterocycles. The fourth-order valence-electron chi connectivity index (χ4n) is 3.41. The van der Waals surface area contributed by atoms with E-state index in [1.807, 2.05) is 60.7 Å². The zero-order chi connectivity index (χ0) is 20.5. The van der Waals surface area contributed by atoms with Gasteiger partial charge in [-0.05, 0) is 23.8 Å². The van der Waals surface area contributed by atoms with Crippen LogP contribution in [0, 0.1) is 5.82 Å². The van der Waals surface area contributed by atoms with Gasteiger partial charge in [0.15, 0.2) is 0 Å². The minimum atomic E-state index is -0.477. The van der Waals surface area contributed by atoms with Gasteiger partial charge in [0.25, 0.3) is 0 Å². The van der Waals surface area contributed by atoms with Gasteiger partial charge in [0, 0.05) is 16.8 Å². The molecule has 5 aromatic rings. The average molecular weight is 416 g/mol. The maximum absolute atomic E-state index is 13.6. The molecular weight excluding hydrogens is 401 g/mol. The van der Waals surface area contributed by atoms with Crippen molar-refractivity contribution in [2.45, 2.75) is 0 Å². The molecule has 0 bridgehead atoms. The van der Waals surface area contributed by atoms with E-state index in [-0.39, 0.29) is 5.02 Å². The Kier molecular flexibility index (Phi) is 4.65. The highest BCUT2D eigenvalue weighted by atomic mass is 35.5. The summed E-state index contributed by atoms with van der Waals surface area (Å²) in [7, 11) is 0. The first kappa shape index (κ1) is 18.3. The molecule has 0 spiro atoms. The van der Waals surface area contributed by atoms with Crippen LogP contribution in [0.25, 0.3) is 33.6 Å². The van der Waals surface area contributed by atoms with Crippen molar-refractivity contribution in [3.05, 3.63) is 96.0 Å². The number of nitrogens with zero attached hydrogens (tertiary/aromatic N) is 2. The summed E-state index contributed by atoms with van der Waals surface area (Å²) in [5, 5.41) is 4.00. The summed E-state index contributed by atoms with van der Waals surface area (Å²) in [6.07, 6.45) is 1.43. The quantitative estimate of drug-likeness (QED) is 0.340. The van der Waals surface area contributed by atoms with Crippen LogP contribution in [0.2, 0.25) is 5.02 Å². The summed E-state index contributed by atoms with van der Waals surface area (Å²) in [5.74, 6) is 0.777. The van der Waals surface area contributed by atoms with E-state index in [1.54, 1.807) is 6.07 Å². The number of hydrogen-bond donors (Lipinski definition) is 1. The van der Waals surface area contributed by atoms with Crippen molar-refractivity contribution < 1.29 is 8.81 Å². The second kappa shape index (κ2) is 7.61. The molecule has 0 fully saturated rings. The Morgan fingerprint density at radius 3 is 2.23 bits per heavy atom. The van der Waals surface area contributed by atoms with Crippen molar-refractivity contribution in [2.75, 3.05) is 5.32 Å². The van der Waals surface area contributed by atoms with Crippen molar-refractivity contribution in [3.8, 4) is 22.5 Å². The van der Waals surface area contributed by atoms with Crippen LogP contribution in [0.4, 0.5) is 15.9 Å². The number of fused-ring (bicyclic) bond motifs is 1. The number of benzene rings is 3. The van der Waals surface area contributed by atoms with Crippen molar-refractivity contribution in [1.82, 2.24) is 9.97 Å². The summed E-state index contributed by atoms with van der Waals surface area (Å²) < 4.78 is 19.8. The lowest BCUT2D eigenvalue weighted by Crippen LogP contribution is -1.96. The zero-order valence-electron chi connectivity index (χ0n) is 15.6. The monoisotopic (exact) mass is 415 g/mol. The number of hydrogen-bond acceptors (Lipinski definition) is 4. The molecule has 0 saturated heterocycles. The van der Waals surface area contributed by atoms with E-state index < -0.39 is 5.82 Å². The Balaban J connectivity index is 1.75. The van der Waals surface area contributed by atoms with E-state index in [0.29, 0.717) is 23.0 Å². The Bertz CT molecular complexity index is 1340. The number of halogens is 2. The van der Waals surface area contributed by atoms with Crippen LogP contribution in [-0.2, 0) is 0 Å². The summed E-state index contributed by atoms with van der Waals surface area (Å²) in [6.45, 7) is 0. The Hall–Kier alpha value is -3.70. The molecule has 0 amide bonds. The lowest BCUT2D eigenvalue weighted by Gasteiger charge is -2.09. The summed E-state index contributed by atoms with van der Waals surface area (Å²) >= 11 is 5.94. The van der Waals surface area contributed by atoms with Crippen LogP contribution in [0.3, 0.4) is 0 Å². The molecule has 5 rings (SSSR count). The molecule has 1 N–H and O–H groups in total. The van der Waals surface area contributed by atoms with Gasteiger partial charge in [-0.2, -0.15) is 0 Å². The van der Waals surface area contributed by atoms with Gasteiger partial charge >= 0.3 is 0 Å². The largest absolute Gasteiger partial charge is 0.437 e. The molecule has 0 aliphatic heterocycles. The summed E-state index contributed by atoms with van der Waals surface area (Å²) in [4.78, 5) is 8.77. The van der Waals surface area contributed by atoms with E-state index in [9.17, 15) is 4.39 Å². The first-order chi connectivity index (χ1) is 14.7. The third-order valence-corrected chi connectivity index (χ3v) is 5.06. The third kappa shape index (κ3) is 3.29. The van der Waals surface area contributed by atoms with E-state index in [0.717, 1.165) is 22.1 Å². The maximum atomic E-state index is 13.6. The van der Waals surface area contributed by atoms with Crippen molar-refractivity contribution >= 4 is 34.2 Å². The second-order valence-electron chi connectivity index (χ2n) is 6.69. The number of furan rings is 1. The van der Waals surface area contributed by atoms with Gasteiger partial charge in [0.1, 0.15) is 23.7 Å². The number of nitrogens with one attached hydrogen (secondary N) is 1. The number of rotatable bonds is 4. The molecule has 0 aliphatic rings. The molecule has 0 saturated carbocycles. The molecule has 30 heavy (non-hydrogen) atoms. The summed E-state index contributed by atoms with van der Waals surface area (Å²) in [6, 6.07) is 24.2. The predicted octanol–water partition coefficient (Wildman–Crippen LogP) is 7.09. The fraction of sp³-hybridized carbons (Fsp3) is 0. The fourth-order valence-corrected chi connectivity index (χ4v) is 3.59. The normalized spacial score (nSPS) is 11.0. The van der Waals surface area contributed by atoms with Gasteiger partial charge in [0.05, 0.1) is 10.4 Å². The van der Waals surface area contributed by atoms with E-state index >= 15 is 0 Å². The van der Waals surface area contributed by atoms with Crippen LogP contribution in [0.5, 0.6) is 0 Å². The van der Waals surface area contributed by atoms with Gasteiger partial charge in [-0.25, -0.2) is 14.4 Å². The Morgan fingerprint density at radius 1 is 0.833 bits per heavy atom. The standard InChI is InChI=1S/C24H15ClFN3O/c25-18-13-17(11-12-19(18)26)29-23-21-20(15-7-3-1-4-8-15)22(16-9-5-2-6-10-16)30-24(21)28-14-27-23/h1-14H,(H,27,28,29). The van der Waals surface area contributed by atoms with Gasteiger partial charge < -0.3 is 9.73 Å². The van der Waals surface area contributed by atoms with Crippen molar-refractivity contribution in [3.63, 3.8) is 0 Å². The third-order valence-electron chi connectivity index (χ3n) is 4.77. The minimum absolute atomic E-state index is 0.0331. The minimum Gasteiger partial charge on any atom is -0.437 e. The Morgan fingerprint density at radius 2 is 1.53 bits per heavy atom. The molecule has 0 radical (unpaired) electrons. The molecule has 3 aromatic carbocycles. The first-order valence-corrected chi connectivity index (χ1v) is 9.69.